The highest BCUT2D eigenvalue weighted by Crippen LogP contribution is 2.31. The van der Waals surface area contributed by atoms with Crippen LogP contribution in [0.1, 0.15) is 26.3 Å². The van der Waals surface area contributed by atoms with Crippen molar-refractivity contribution in [1.29, 1.82) is 0 Å². The maximum atomic E-state index is 12.5. The van der Waals surface area contributed by atoms with Gasteiger partial charge in [0.1, 0.15) is 17.9 Å². The first-order valence-electron chi connectivity index (χ1n) is 8.16. The van der Waals surface area contributed by atoms with Gasteiger partial charge < -0.3 is 15.5 Å². The second-order valence-electron chi connectivity index (χ2n) is 6.12. The Labute approximate surface area is 162 Å². The first kappa shape index (κ1) is 19.5. The molecule has 1 heterocycles. The number of nitro benzene ring substituents is 1. The number of hydrogen-bond acceptors (Lipinski definition) is 7. The maximum absolute atomic E-state index is 12.5. The van der Waals surface area contributed by atoms with Crippen molar-refractivity contribution < 1.29 is 34.3 Å². The molecule has 1 aliphatic heterocycles. The molecule has 11 heteroatoms. The van der Waals surface area contributed by atoms with Gasteiger partial charge in [-0.2, -0.15) is 0 Å². The molecule has 29 heavy (non-hydrogen) atoms. The number of nitrogens with one attached hydrogen (secondary N) is 1. The van der Waals surface area contributed by atoms with Crippen LogP contribution < -0.4 is 5.32 Å². The lowest BCUT2D eigenvalue weighted by atomic mass is 10.1. The van der Waals surface area contributed by atoms with E-state index in [4.69, 9.17) is 5.11 Å². The van der Waals surface area contributed by atoms with Crippen molar-refractivity contribution in [2.45, 2.75) is 6.42 Å². The number of amides is 3. The molecule has 3 N–H and O–H groups in total. The highest BCUT2D eigenvalue weighted by Gasteiger charge is 2.41. The Bertz CT molecular complexity index is 1080. The molecular formula is C18H13N3O8. The standard InChI is InChI=1S/C18H13N3O8/c22-13-5-4-9(7-15(24)25)6-11(13)19-14(23)8-20-17(26)10-2-1-3-12(21(28)29)16(10)18(20)27/h1-6,22H,7-8H2,(H,19,23)(H,24,25). The molecule has 0 unspecified atom stereocenters. The number of phenols is 1. The maximum Gasteiger partial charge on any atom is 0.307 e. The molecule has 2 aromatic rings. The van der Waals surface area contributed by atoms with Gasteiger partial charge in [-0.05, 0) is 23.8 Å². The van der Waals surface area contributed by atoms with Crippen LogP contribution in [0, 0.1) is 10.1 Å². The van der Waals surface area contributed by atoms with Gasteiger partial charge in [-0.25, -0.2) is 0 Å². The van der Waals surface area contributed by atoms with E-state index in [9.17, 15) is 34.4 Å². The summed E-state index contributed by atoms with van der Waals surface area (Å²) >= 11 is 0. The molecule has 3 rings (SSSR count). The quantitative estimate of drug-likeness (QED) is 0.281. The van der Waals surface area contributed by atoms with Crippen LogP contribution in [0.5, 0.6) is 5.75 Å². The van der Waals surface area contributed by atoms with Crippen LogP contribution in [-0.2, 0) is 16.0 Å². The summed E-state index contributed by atoms with van der Waals surface area (Å²) in [5.74, 6) is -4.14. The molecule has 0 aromatic heterocycles. The zero-order valence-corrected chi connectivity index (χ0v) is 14.6. The van der Waals surface area contributed by atoms with E-state index in [1.54, 1.807) is 0 Å². The molecule has 0 fully saturated rings. The third kappa shape index (κ3) is 3.74. The van der Waals surface area contributed by atoms with E-state index in [1.165, 1.54) is 30.3 Å². The van der Waals surface area contributed by atoms with Gasteiger partial charge in [0.15, 0.2) is 0 Å². The number of aromatic hydroxyl groups is 1. The van der Waals surface area contributed by atoms with E-state index >= 15 is 0 Å². The molecule has 0 radical (unpaired) electrons. The topological polar surface area (TPSA) is 167 Å². The molecule has 2 aromatic carbocycles. The summed E-state index contributed by atoms with van der Waals surface area (Å²) in [6.07, 6.45) is -0.342. The lowest BCUT2D eigenvalue weighted by Gasteiger charge is -2.14. The summed E-state index contributed by atoms with van der Waals surface area (Å²) in [6, 6.07) is 7.40. The number of anilines is 1. The van der Waals surface area contributed by atoms with Crippen LogP contribution in [-0.4, -0.2) is 50.3 Å². The predicted molar refractivity (Wildman–Crippen MR) is 96.5 cm³/mol. The third-order valence-electron chi connectivity index (χ3n) is 4.17. The number of benzene rings is 2. The predicted octanol–water partition coefficient (Wildman–Crippen LogP) is 1.16. The van der Waals surface area contributed by atoms with Gasteiger partial charge >= 0.3 is 5.97 Å². The highest BCUT2D eigenvalue weighted by molar-refractivity contribution is 6.24. The van der Waals surface area contributed by atoms with Gasteiger partial charge in [-0.3, -0.25) is 34.2 Å². The van der Waals surface area contributed by atoms with Crippen molar-refractivity contribution in [3.8, 4) is 5.75 Å². The molecule has 3 amide bonds. The monoisotopic (exact) mass is 399 g/mol. The van der Waals surface area contributed by atoms with Crippen molar-refractivity contribution >= 4 is 35.1 Å². The molecule has 148 valence electrons. The molecule has 0 saturated heterocycles. The number of fused-ring (bicyclic) bond motifs is 1. The SMILES string of the molecule is O=C(O)Cc1ccc(O)c(NC(=O)CN2C(=O)c3cccc([N+](=O)[O-])c3C2=O)c1. The molecule has 0 spiro atoms. The summed E-state index contributed by atoms with van der Waals surface area (Å²) in [6.45, 7) is -0.744. The summed E-state index contributed by atoms with van der Waals surface area (Å²) in [7, 11) is 0. The fourth-order valence-corrected chi connectivity index (χ4v) is 2.91. The van der Waals surface area contributed by atoms with Crippen LogP contribution >= 0.6 is 0 Å². The normalized spacial score (nSPS) is 12.6. The second kappa shape index (κ2) is 7.38. The van der Waals surface area contributed by atoms with E-state index < -0.39 is 40.8 Å². The van der Waals surface area contributed by atoms with E-state index in [0.717, 1.165) is 6.07 Å². The van der Waals surface area contributed by atoms with Crippen LogP contribution in [0.15, 0.2) is 36.4 Å². The molecule has 0 bridgehead atoms. The fourth-order valence-electron chi connectivity index (χ4n) is 2.91. The number of hydrogen-bond donors (Lipinski definition) is 3. The van der Waals surface area contributed by atoms with Crippen molar-refractivity contribution in [1.82, 2.24) is 4.90 Å². The van der Waals surface area contributed by atoms with E-state index in [2.05, 4.69) is 5.32 Å². The Morgan fingerprint density at radius 3 is 2.52 bits per heavy atom. The zero-order valence-electron chi connectivity index (χ0n) is 14.6. The van der Waals surface area contributed by atoms with Crippen molar-refractivity contribution in [3.05, 3.63) is 63.2 Å². The smallest absolute Gasteiger partial charge is 0.307 e. The molecule has 0 aliphatic carbocycles. The number of carboxylic acids is 1. The van der Waals surface area contributed by atoms with Crippen molar-refractivity contribution in [2.24, 2.45) is 0 Å². The molecule has 0 saturated carbocycles. The lowest BCUT2D eigenvalue weighted by Crippen LogP contribution is -2.37. The molecule has 1 aliphatic rings. The van der Waals surface area contributed by atoms with Gasteiger partial charge in [0.25, 0.3) is 17.5 Å². The van der Waals surface area contributed by atoms with Gasteiger partial charge in [-0.1, -0.05) is 12.1 Å². The zero-order chi connectivity index (χ0) is 21.3. The van der Waals surface area contributed by atoms with Gasteiger partial charge in [0.2, 0.25) is 5.91 Å². The first-order valence-corrected chi connectivity index (χ1v) is 8.16. The minimum atomic E-state index is -1.11. The molecular weight excluding hydrogens is 386 g/mol. The largest absolute Gasteiger partial charge is 0.506 e. The number of aliphatic carboxylic acids is 1. The van der Waals surface area contributed by atoms with E-state index in [1.807, 2.05) is 0 Å². The fraction of sp³-hybridized carbons (Fsp3) is 0.111. The Morgan fingerprint density at radius 1 is 1.14 bits per heavy atom. The number of nitrogens with zero attached hydrogens (tertiary/aromatic N) is 2. The first-order chi connectivity index (χ1) is 13.7. The van der Waals surface area contributed by atoms with Crippen LogP contribution in [0.3, 0.4) is 0 Å². The Hall–Kier alpha value is -4.28. The minimum absolute atomic E-state index is 0.101. The average molecular weight is 399 g/mol. The Balaban J connectivity index is 1.79. The number of phenolic OH excluding ortho intramolecular Hbond substituents is 1. The van der Waals surface area contributed by atoms with Gasteiger partial charge in [-0.15, -0.1) is 0 Å². The summed E-state index contributed by atoms with van der Waals surface area (Å²) in [5, 5.41) is 32.1. The summed E-state index contributed by atoms with van der Waals surface area (Å²) in [4.78, 5) is 58.8. The minimum Gasteiger partial charge on any atom is -0.506 e. The van der Waals surface area contributed by atoms with Gasteiger partial charge in [0.05, 0.1) is 22.6 Å². The number of rotatable bonds is 6. The van der Waals surface area contributed by atoms with Crippen LogP contribution in [0.4, 0.5) is 11.4 Å². The van der Waals surface area contributed by atoms with Crippen molar-refractivity contribution in [3.63, 3.8) is 0 Å². The molecule has 11 nitrogen and oxygen atoms in total. The third-order valence-corrected chi connectivity index (χ3v) is 4.17. The number of carbonyl (C=O) groups is 4. The van der Waals surface area contributed by atoms with E-state index in [-0.39, 0.29) is 29.0 Å². The van der Waals surface area contributed by atoms with E-state index in [0.29, 0.717) is 10.5 Å². The summed E-state index contributed by atoms with van der Waals surface area (Å²) in [5.41, 5.74) is -0.897. The number of nitro groups is 1. The average Bonchev–Trinajstić information content (AvgIpc) is 2.89. The van der Waals surface area contributed by atoms with Crippen LogP contribution in [0.2, 0.25) is 0 Å². The highest BCUT2D eigenvalue weighted by atomic mass is 16.6. The number of carboxylic acid groups (broad SMARTS) is 1. The van der Waals surface area contributed by atoms with Gasteiger partial charge in [0, 0.05) is 6.07 Å². The Kier molecular flexibility index (Phi) is 4.96. The lowest BCUT2D eigenvalue weighted by molar-refractivity contribution is -0.385. The van der Waals surface area contributed by atoms with Crippen LogP contribution in [0.25, 0.3) is 0 Å². The molecule has 0 atom stereocenters. The number of carbonyl (C=O) groups excluding carboxylic acids is 3. The summed E-state index contributed by atoms with van der Waals surface area (Å²) < 4.78 is 0. The van der Waals surface area contributed by atoms with Crippen molar-refractivity contribution in [2.75, 3.05) is 11.9 Å². The number of imide groups is 1. The Morgan fingerprint density at radius 2 is 1.86 bits per heavy atom. The second-order valence-corrected chi connectivity index (χ2v) is 6.12.